The average molecular weight is 540 g/mol. The Morgan fingerprint density at radius 1 is 1.05 bits per heavy atom. The summed E-state index contributed by atoms with van der Waals surface area (Å²) in [6, 6.07) is 17.7. The molecule has 0 bridgehead atoms. The molecule has 4 rings (SSSR count). The number of methoxy groups -OCH3 is 1. The number of thioether (sulfide) groups is 1. The average Bonchev–Trinajstić information content (AvgIpc) is 2.91. The van der Waals surface area contributed by atoms with Crippen molar-refractivity contribution in [1.29, 1.82) is 0 Å². The highest BCUT2D eigenvalue weighted by atomic mass is 35.5. The first-order valence-corrected chi connectivity index (χ1v) is 14.0. The second-order valence-corrected chi connectivity index (χ2v) is 10.8. The molecule has 37 heavy (non-hydrogen) atoms. The SMILES string of the molecule is COc1ccc(N2CCN(c3cc(Cl)nc(SCc4cccc(C(=O)NCCC(C)C)c4)n3)CC2)cc1. The number of aromatic nitrogens is 2. The minimum Gasteiger partial charge on any atom is -0.497 e. The van der Waals surface area contributed by atoms with E-state index in [2.05, 4.69) is 46.1 Å². The van der Waals surface area contributed by atoms with Crippen LogP contribution in [0, 0.1) is 5.92 Å². The van der Waals surface area contributed by atoms with Gasteiger partial charge in [-0.2, -0.15) is 0 Å². The summed E-state index contributed by atoms with van der Waals surface area (Å²) in [6.07, 6.45) is 0.965. The fourth-order valence-corrected chi connectivity index (χ4v) is 5.15. The zero-order chi connectivity index (χ0) is 26.2. The molecule has 1 fully saturated rings. The fourth-order valence-electron chi connectivity index (χ4n) is 4.13. The molecule has 0 aliphatic carbocycles. The maximum Gasteiger partial charge on any atom is 0.251 e. The van der Waals surface area contributed by atoms with E-state index in [1.165, 1.54) is 17.4 Å². The quantitative estimate of drug-likeness (QED) is 0.206. The molecule has 2 aromatic carbocycles. The van der Waals surface area contributed by atoms with Gasteiger partial charge in [-0.15, -0.1) is 0 Å². The maximum absolute atomic E-state index is 12.5. The summed E-state index contributed by atoms with van der Waals surface area (Å²) in [4.78, 5) is 26.3. The third kappa shape index (κ3) is 7.76. The second-order valence-electron chi connectivity index (χ2n) is 9.43. The van der Waals surface area contributed by atoms with E-state index in [0.29, 0.717) is 34.1 Å². The third-order valence-electron chi connectivity index (χ3n) is 6.27. The van der Waals surface area contributed by atoms with Crippen molar-refractivity contribution in [1.82, 2.24) is 15.3 Å². The second kappa shape index (κ2) is 13.0. The van der Waals surface area contributed by atoms with Crippen molar-refractivity contribution in [2.24, 2.45) is 5.92 Å². The van der Waals surface area contributed by atoms with Crippen LogP contribution in [0.4, 0.5) is 11.5 Å². The summed E-state index contributed by atoms with van der Waals surface area (Å²) in [7, 11) is 1.68. The lowest BCUT2D eigenvalue weighted by molar-refractivity contribution is 0.0952. The van der Waals surface area contributed by atoms with Crippen LogP contribution in [0.3, 0.4) is 0 Å². The van der Waals surface area contributed by atoms with Crippen molar-refractivity contribution in [3.05, 3.63) is 70.9 Å². The number of amides is 1. The highest BCUT2D eigenvalue weighted by Crippen LogP contribution is 2.27. The molecule has 1 N–H and O–H groups in total. The fraction of sp³-hybridized carbons (Fsp3) is 0.393. The third-order valence-corrected chi connectivity index (χ3v) is 7.38. The van der Waals surface area contributed by atoms with Crippen LogP contribution in [0.1, 0.15) is 36.2 Å². The lowest BCUT2D eigenvalue weighted by Gasteiger charge is -2.36. The van der Waals surface area contributed by atoms with Crippen LogP contribution in [-0.4, -0.2) is 55.7 Å². The van der Waals surface area contributed by atoms with Gasteiger partial charge in [0.05, 0.1) is 7.11 Å². The minimum atomic E-state index is -0.0393. The van der Waals surface area contributed by atoms with Gasteiger partial charge >= 0.3 is 0 Å². The van der Waals surface area contributed by atoms with Crippen LogP contribution in [0.15, 0.2) is 59.8 Å². The Balaban J connectivity index is 1.34. The number of nitrogens with zero attached hydrogens (tertiary/aromatic N) is 4. The highest BCUT2D eigenvalue weighted by molar-refractivity contribution is 7.98. The number of hydrogen-bond acceptors (Lipinski definition) is 7. The Kier molecular flexibility index (Phi) is 9.52. The van der Waals surface area contributed by atoms with Gasteiger partial charge in [-0.1, -0.05) is 49.3 Å². The molecule has 1 saturated heterocycles. The van der Waals surface area contributed by atoms with E-state index in [0.717, 1.165) is 49.7 Å². The maximum atomic E-state index is 12.5. The number of carbonyl (C=O) groups excluding carboxylic acids is 1. The van der Waals surface area contributed by atoms with E-state index in [4.69, 9.17) is 21.3 Å². The smallest absolute Gasteiger partial charge is 0.251 e. The predicted octanol–water partition coefficient (Wildman–Crippen LogP) is 5.53. The van der Waals surface area contributed by atoms with Gasteiger partial charge in [-0.3, -0.25) is 4.79 Å². The Morgan fingerprint density at radius 3 is 2.49 bits per heavy atom. The first-order chi connectivity index (χ1) is 17.9. The zero-order valence-electron chi connectivity index (χ0n) is 21.6. The van der Waals surface area contributed by atoms with Crippen LogP contribution in [-0.2, 0) is 5.75 Å². The number of nitrogens with one attached hydrogen (secondary N) is 1. The van der Waals surface area contributed by atoms with Gasteiger partial charge < -0.3 is 19.9 Å². The first-order valence-electron chi connectivity index (χ1n) is 12.6. The molecule has 2 heterocycles. The van der Waals surface area contributed by atoms with Crippen LogP contribution < -0.4 is 19.9 Å². The molecule has 0 unspecified atom stereocenters. The number of rotatable bonds is 10. The summed E-state index contributed by atoms with van der Waals surface area (Å²) in [6.45, 7) is 8.45. The molecular weight excluding hydrogens is 506 g/mol. The summed E-state index contributed by atoms with van der Waals surface area (Å²) in [5.41, 5.74) is 2.90. The summed E-state index contributed by atoms with van der Waals surface area (Å²) in [5.74, 6) is 2.87. The van der Waals surface area contributed by atoms with Gasteiger partial charge in [0.15, 0.2) is 5.16 Å². The van der Waals surface area contributed by atoms with E-state index < -0.39 is 0 Å². The van der Waals surface area contributed by atoms with Gasteiger partial charge in [-0.25, -0.2) is 9.97 Å². The molecule has 196 valence electrons. The standard InChI is InChI=1S/C28H34ClN5O2S/c1-20(2)11-12-30-27(35)22-6-4-5-21(17-22)19-37-28-31-25(29)18-26(32-28)34-15-13-33(14-16-34)23-7-9-24(36-3)10-8-23/h4-10,17-18,20H,11-16,19H2,1-3H3,(H,30,35). The molecule has 0 atom stereocenters. The van der Waals surface area contributed by atoms with E-state index in [-0.39, 0.29) is 5.91 Å². The Labute approximate surface area is 228 Å². The van der Waals surface area contributed by atoms with E-state index >= 15 is 0 Å². The highest BCUT2D eigenvalue weighted by Gasteiger charge is 2.20. The first kappa shape index (κ1) is 27.1. The molecule has 1 aliphatic rings. The van der Waals surface area contributed by atoms with Crippen molar-refractivity contribution in [2.45, 2.75) is 31.2 Å². The van der Waals surface area contributed by atoms with Gasteiger partial charge in [0.2, 0.25) is 0 Å². The van der Waals surface area contributed by atoms with E-state index in [1.807, 2.05) is 42.5 Å². The number of halogens is 1. The largest absolute Gasteiger partial charge is 0.497 e. The topological polar surface area (TPSA) is 70.6 Å². The number of ether oxygens (including phenoxy) is 1. The Morgan fingerprint density at radius 2 is 1.78 bits per heavy atom. The Hall–Kier alpha value is -2.97. The summed E-state index contributed by atoms with van der Waals surface area (Å²) in [5, 5.41) is 4.06. The summed E-state index contributed by atoms with van der Waals surface area (Å²) < 4.78 is 5.27. The van der Waals surface area contributed by atoms with Gasteiger partial charge in [0.25, 0.3) is 5.91 Å². The van der Waals surface area contributed by atoms with Crippen LogP contribution in [0.25, 0.3) is 0 Å². The molecule has 3 aromatic rings. The molecule has 1 amide bonds. The van der Waals surface area contributed by atoms with Crippen molar-refractivity contribution in [3.8, 4) is 5.75 Å². The van der Waals surface area contributed by atoms with Gasteiger partial charge in [0.1, 0.15) is 16.7 Å². The minimum absolute atomic E-state index is 0.0393. The monoisotopic (exact) mass is 539 g/mol. The number of piperazine rings is 1. The molecule has 9 heteroatoms. The Bertz CT molecular complexity index is 1180. The number of carbonyl (C=O) groups is 1. The van der Waals surface area contributed by atoms with Crippen molar-refractivity contribution in [3.63, 3.8) is 0 Å². The zero-order valence-corrected chi connectivity index (χ0v) is 23.2. The molecule has 1 aliphatic heterocycles. The van der Waals surface area contributed by atoms with Gasteiger partial charge in [0, 0.05) is 55.8 Å². The number of anilines is 2. The van der Waals surface area contributed by atoms with E-state index in [1.54, 1.807) is 7.11 Å². The van der Waals surface area contributed by atoms with Crippen LogP contribution in [0.2, 0.25) is 5.15 Å². The van der Waals surface area contributed by atoms with Gasteiger partial charge in [-0.05, 0) is 54.3 Å². The van der Waals surface area contributed by atoms with Crippen molar-refractivity contribution >= 4 is 40.8 Å². The normalized spacial score (nSPS) is 13.6. The lowest BCUT2D eigenvalue weighted by Crippen LogP contribution is -2.46. The predicted molar refractivity (Wildman–Crippen MR) is 152 cm³/mol. The van der Waals surface area contributed by atoms with Crippen LogP contribution in [0.5, 0.6) is 5.75 Å². The van der Waals surface area contributed by atoms with Crippen LogP contribution >= 0.6 is 23.4 Å². The molecule has 0 spiro atoms. The molecule has 7 nitrogen and oxygen atoms in total. The van der Waals surface area contributed by atoms with Crippen molar-refractivity contribution in [2.75, 3.05) is 49.6 Å². The number of benzene rings is 2. The number of hydrogen-bond donors (Lipinski definition) is 1. The molecule has 1 aromatic heterocycles. The lowest BCUT2D eigenvalue weighted by atomic mass is 10.1. The van der Waals surface area contributed by atoms with Crippen molar-refractivity contribution < 1.29 is 9.53 Å². The van der Waals surface area contributed by atoms with E-state index in [9.17, 15) is 4.79 Å². The molecule has 0 radical (unpaired) electrons. The molecular formula is C28H34ClN5O2S. The summed E-state index contributed by atoms with van der Waals surface area (Å²) >= 11 is 7.90. The molecule has 0 saturated carbocycles.